The van der Waals surface area contributed by atoms with Crippen molar-refractivity contribution in [3.05, 3.63) is 0 Å². The van der Waals surface area contributed by atoms with Crippen LogP contribution in [0.15, 0.2) is 0 Å². The molecule has 0 bridgehead atoms. The third-order valence-corrected chi connectivity index (χ3v) is 4.13. The third-order valence-electron chi connectivity index (χ3n) is 4.13. The highest BCUT2D eigenvalue weighted by Crippen LogP contribution is 2.55. The zero-order valence-electron chi connectivity index (χ0n) is 12.0. The van der Waals surface area contributed by atoms with Gasteiger partial charge in [-0.05, 0) is 6.42 Å². The maximum absolute atomic E-state index is 12.9. The van der Waals surface area contributed by atoms with E-state index in [2.05, 4.69) is 5.32 Å². The summed E-state index contributed by atoms with van der Waals surface area (Å²) in [6.07, 6.45) is -12.2. The molecule has 0 aromatic rings. The predicted molar refractivity (Wildman–Crippen MR) is 70.2 cm³/mol. The second-order valence-electron chi connectivity index (χ2n) is 5.57. The van der Waals surface area contributed by atoms with Crippen molar-refractivity contribution in [1.29, 1.82) is 0 Å². The number of rotatable bonds is 2. The average Bonchev–Trinajstić information content (AvgIpc) is 2.85. The molecule has 1 N–H and O–H groups in total. The Balaban J connectivity index is 0.00000264. The van der Waals surface area contributed by atoms with Gasteiger partial charge in [0.05, 0.1) is 13.2 Å². The maximum atomic E-state index is 12.9. The molecule has 0 spiro atoms. The lowest BCUT2D eigenvalue weighted by atomic mass is 9.85. The first kappa shape index (κ1) is 20.3. The predicted octanol–water partition coefficient (Wildman–Crippen LogP) is 2.13. The van der Waals surface area contributed by atoms with Crippen LogP contribution in [0.1, 0.15) is 12.8 Å². The summed E-state index contributed by atoms with van der Waals surface area (Å²) in [5.41, 5.74) is -3.83. The van der Waals surface area contributed by atoms with E-state index in [4.69, 9.17) is 4.74 Å². The standard InChI is InChI=1S/C12H16F6N2O2.ClH/c13-11(14,15)10(12(16,17)18)1-3-20(7-10)9(21)5-8-6-22-4-2-19-8;/h8,19H,1-7H2;1H. The monoisotopic (exact) mass is 370 g/mol. The van der Waals surface area contributed by atoms with E-state index in [0.29, 0.717) is 18.1 Å². The molecule has 1 atom stereocenters. The normalized spacial score (nSPS) is 25.1. The number of ether oxygens (including phenoxy) is 1. The zero-order valence-corrected chi connectivity index (χ0v) is 12.8. The van der Waals surface area contributed by atoms with E-state index in [0.717, 1.165) is 0 Å². The van der Waals surface area contributed by atoms with E-state index in [-0.39, 0.29) is 31.5 Å². The fraction of sp³-hybridized carbons (Fsp3) is 0.917. The van der Waals surface area contributed by atoms with Crippen LogP contribution in [0.5, 0.6) is 0 Å². The number of nitrogens with zero attached hydrogens (tertiary/aromatic N) is 1. The van der Waals surface area contributed by atoms with Crippen LogP contribution >= 0.6 is 12.4 Å². The molecule has 2 fully saturated rings. The Labute approximate surface area is 134 Å². The molecule has 2 heterocycles. The summed E-state index contributed by atoms with van der Waals surface area (Å²) in [7, 11) is 0. The molecule has 2 rings (SSSR count). The van der Waals surface area contributed by atoms with Crippen molar-refractivity contribution in [1.82, 2.24) is 10.2 Å². The minimum Gasteiger partial charge on any atom is -0.378 e. The third kappa shape index (κ3) is 4.03. The maximum Gasteiger partial charge on any atom is 0.404 e. The van der Waals surface area contributed by atoms with Gasteiger partial charge >= 0.3 is 12.4 Å². The number of carbonyl (C=O) groups excluding carboxylic acids is 1. The first-order chi connectivity index (χ1) is 10.1. The van der Waals surface area contributed by atoms with Gasteiger partial charge in [0, 0.05) is 32.1 Å². The van der Waals surface area contributed by atoms with Crippen LogP contribution in [0.25, 0.3) is 0 Å². The van der Waals surface area contributed by atoms with Gasteiger partial charge in [-0.1, -0.05) is 0 Å². The summed E-state index contributed by atoms with van der Waals surface area (Å²) in [5.74, 6) is -0.724. The summed E-state index contributed by atoms with van der Waals surface area (Å²) in [4.78, 5) is 12.6. The van der Waals surface area contributed by atoms with Gasteiger partial charge in [-0.25, -0.2) is 0 Å². The smallest absolute Gasteiger partial charge is 0.378 e. The number of hydrogen-bond donors (Lipinski definition) is 1. The second kappa shape index (κ2) is 7.02. The van der Waals surface area contributed by atoms with Crippen molar-refractivity contribution in [2.45, 2.75) is 31.2 Å². The van der Waals surface area contributed by atoms with Crippen molar-refractivity contribution < 1.29 is 35.9 Å². The number of morpholine rings is 1. The van der Waals surface area contributed by atoms with Crippen LogP contribution in [0, 0.1) is 5.41 Å². The lowest BCUT2D eigenvalue weighted by Gasteiger charge is -2.33. The first-order valence-electron chi connectivity index (χ1n) is 6.79. The minimum absolute atomic E-state index is 0. The first-order valence-corrected chi connectivity index (χ1v) is 6.79. The Bertz CT molecular complexity index is 409. The molecule has 4 nitrogen and oxygen atoms in total. The number of nitrogens with one attached hydrogen (secondary N) is 1. The summed E-state index contributed by atoms with van der Waals surface area (Å²) >= 11 is 0. The minimum atomic E-state index is -5.44. The molecule has 0 saturated carbocycles. The summed E-state index contributed by atoms with van der Waals surface area (Å²) < 4.78 is 82.6. The Kier molecular flexibility index (Phi) is 6.20. The summed E-state index contributed by atoms with van der Waals surface area (Å²) in [6, 6.07) is -0.381. The zero-order chi connectivity index (χ0) is 16.6. The van der Waals surface area contributed by atoms with Gasteiger partial charge < -0.3 is 15.0 Å². The molecule has 2 saturated heterocycles. The van der Waals surface area contributed by atoms with Gasteiger partial charge in [-0.3, -0.25) is 4.79 Å². The number of amides is 1. The van der Waals surface area contributed by atoms with Crippen LogP contribution in [0.3, 0.4) is 0 Å². The number of likely N-dealkylation sites (tertiary alicyclic amines) is 1. The Morgan fingerprint density at radius 3 is 2.26 bits per heavy atom. The Hall–Kier alpha value is -0.740. The fourth-order valence-corrected chi connectivity index (χ4v) is 2.74. The van der Waals surface area contributed by atoms with Crippen molar-refractivity contribution in [2.24, 2.45) is 5.41 Å². The topological polar surface area (TPSA) is 41.6 Å². The Morgan fingerprint density at radius 1 is 1.22 bits per heavy atom. The van der Waals surface area contributed by atoms with Gasteiger partial charge in [0.15, 0.2) is 5.41 Å². The molecule has 136 valence electrons. The fourth-order valence-electron chi connectivity index (χ4n) is 2.74. The van der Waals surface area contributed by atoms with Crippen LogP contribution in [0.2, 0.25) is 0 Å². The van der Waals surface area contributed by atoms with Gasteiger partial charge in [-0.15, -0.1) is 12.4 Å². The van der Waals surface area contributed by atoms with E-state index in [9.17, 15) is 31.1 Å². The van der Waals surface area contributed by atoms with Gasteiger partial charge in [0.1, 0.15) is 0 Å². The molecule has 1 unspecified atom stereocenters. The van der Waals surface area contributed by atoms with Crippen LogP contribution in [-0.2, 0) is 9.53 Å². The van der Waals surface area contributed by atoms with E-state index < -0.39 is 43.2 Å². The van der Waals surface area contributed by atoms with E-state index >= 15 is 0 Å². The molecule has 0 radical (unpaired) electrons. The highest BCUT2D eigenvalue weighted by atomic mass is 35.5. The van der Waals surface area contributed by atoms with Crippen molar-refractivity contribution in [3.63, 3.8) is 0 Å². The lowest BCUT2D eigenvalue weighted by molar-refractivity contribution is -0.334. The molecule has 2 aliphatic rings. The highest BCUT2D eigenvalue weighted by molar-refractivity contribution is 5.85. The number of carbonyl (C=O) groups is 1. The SMILES string of the molecule is Cl.O=C(CC1COCCN1)N1CCC(C(F)(F)F)(C(F)(F)F)C1. The Morgan fingerprint density at radius 2 is 1.83 bits per heavy atom. The second-order valence-corrected chi connectivity index (χ2v) is 5.57. The van der Waals surface area contributed by atoms with Crippen molar-refractivity contribution in [3.8, 4) is 0 Å². The van der Waals surface area contributed by atoms with E-state index in [1.54, 1.807) is 0 Å². The molecule has 0 aliphatic carbocycles. The molecule has 0 aromatic heterocycles. The van der Waals surface area contributed by atoms with Gasteiger partial charge in [-0.2, -0.15) is 26.3 Å². The van der Waals surface area contributed by atoms with Crippen LogP contribution in [-0.4, -0.2) is 62.0 Å². The number of halogens is 7. The van der Waals surface area contributed by atoms with Crippen LogP contribution < -0.4 is 5.32 Å². The molecule has 23 heavy (non-hydrogen) atoms. The van der Waals surface area contributed by atoms with Gasteiger partial charge in [0.2, 0.25) is 5.91 Å². The molecule has 11 heteroatoms. The van der Waals surface area contributed by atoms with Crippen molar-refractivity contribution >= 4 is 18.3 Å². The molecule has 0 aromatic carbocycles. The van der Waals surface area contributed by atoms with E-state index in [1.165, 1.54) is 0 Å². The molecular weight excluding hydrogens is 354 g/mol. The van der Waals surface area contributed by atoms with E-state index in [1.807, 2.05) is 0 Å². The summed E-state index contributed by atoms with van der Waals surface area (Å²) in [5, 5.41) is 2.94. The van der Waals surface area contributed by atoms with Crippen molar-refractivity contribution in [2.75, 3.05) is 32.8 Å². The quantitative estimate of drug-likeness (QED) is 0.757. The highest BCUT2D eigenvalue weighted by Gasteiger charge is 2.72. The lowest BCUT2D eigenvalue weighted by Crippen LogP contribution is -2.52. The average molecular weight is 371 g/mol. The molecular formula is C12H17ClF6N2O2. The van der Waals surface area contributed by atoms with Gasteiger partial charge in [0.25, 0.3) is 0 Å². The van der Waals surface area contributed by atoms with Crippen LogP contribution in [0.4, 0.5) is 26.3 Å². The number of alkyl halides is 6. The number of hydrogen-bond acceptors (Lipinski definition) is 3. The molecule has 2 aliphatic heterocycles. The largest absolute Gasteiger partial charge is 0.404 e. The molecule has 1 amide bonds. The summed E-state index contributed by atoms with van der Waals surface area (Å²) in [6.45, 7) is -0.756.